The number of ether oxygens (including phenoxy) is 1. The van der Waals surface area contributed by atoms with Crippen molar-refractivity contribution in [3.8, 4) is 0 Å². The van der Waals surface area contributed by atoms with E-state index in [4.69, 9.17) is 10.5 Å². The highest BCUT2D eigenvalue weighted by molar-refractivity contribution is 5.94. The van der Waals surface area contributed by atoms with Gasteiger partial charge in [-0.05, 0) is 36.4 Å². The molecule has 1 aromatic carbocycles. The van der Waals surface area contributed by atoms with Crippen LogP contribution in [0.5, 0.6) is 0 Å². The van der Waals surface area contributed by atoms with Crippen molar-refractivity contribution in [3.63, 3.8) is 0 Å². The Kier molecular flexibility index (Phi) is 4.73. The molecule has 0 spiro atoms. The van der Waals surface area contributed by atoms with Crippen LogP contribution >= 0.6 is 0 Å². The Bertz CT molecular complexity index is 667. The topological polar surface area (TPSA) is 80.5 Å². The zero-order valence-electron chi connectivity index (χ0n) is 12.9. The summed E-state index contributed by atoms with van der Waals surface area (Å²) in [5, 5.41) is 2.85. The van der Waals surface area contributed by atoms with E-state index in [0.29, 0.717) is 17.9 Å². The summed E-state index contributed by atoms with van der Waals surface area (Å²) < 4.78 is 5.34. The molecule has 120 valence electrons. The summed E-state index contributed by atoms with van der Waals surface area (Å²) in [5.41, 5.74) is 8.11. The van der Waals surface area contributed by atoms with Crippen LogP contribution in [0, 0.1) is 0 Å². The number of aromatic nitrogens is 1. The Hall–Kier alpha value is -2.60. The van der Waals surface area contributed by atoms with Crippen LogP contribution in [0.3, 0.4) is 0 Å². The molecule has 1 fully saturated rings. The normalized spacial score (nSPS) is 14.5. The van der Waals surface area contributed by atoms with Crippen molar-refractivity contribution in [1.82, 2.24) is 10.3 Å². The Morgan fingerprint density at radius 3 is 2.61 bits per heavy atom. The minimum absolute atomic E-state index is 0.122. The number of carbonyl (C=O) groups excluding carboxylic acids is 1. The first-order valence-electron chi connectivity index (χ1n) is 7.65. The van der Waals surface area contributed by atoms with Gasteiger partial charge in [0.2, 0.25) is 0 Å². The summed E-state index contributed by atoms with van der Waals surface area (Å²) >= 11 is 0. The highest BCUT2D eigenvalue weighted by atomic mass is 16.5. The minimum Gasteiger partial charge on any atom is -0.384 e. The first kappa shape index (κ1) is 15.3. The molecule has 2 aromatic rings. The van der Waals surface area contributed by atoms with Gasteiger partial charge in [0.05, 0.1) is 25.5 Å². The van der Waals surface area contributed by atoms with Crippen molar-refractivity contribution in [2.75, 3.05) is 36.9 Å². The molecular formula is C17H20N4O2. The Balaban J connectivity index is 1.59. The van der Waals surface area contributed by atoms with E-state index in [2.05, 4.69) is 15.2 Å². The van der Waals surface area contributed by atoms with Crippen molar-refractivity contribution < 1.29 is 9.53 Å². The van der Waals surface area contributed by atoms with Gasteiger partial charge < -0.3 is 20.7 Å². The standard InChI is InChI=1S/C17H20N4O2/c18-16-3-1-2-14(20-16)12-19-17(22)13-4-6-15(7-5-13)21-8-10-23-11-9-21/h1-7H,8-12H2,(H2,18,20)(H,19,22). The van der Waals surface area contributed by atoms with Crippen molar-refractivity contribution in [2.24, 2.45) is 0 Å². The number of nitrogen functional groups attached to an aromatic ring is 1. The number of rotatable bonds is 4. The number of pyridine rings is 1. The van der Waals surface area contributed by atoms with Gasteiger partial charge in [-0.3, -0.25) is 4.79 Å². The molecule has 0 atom stereocenters. The Labute approximate surface area is 135 Å². The second kappa shape index (κ2) is 7.11. The van der Waals surface area contributed by atoms with Gasteiger partial charge >= 0.3 is 0 Å². The lowest BCUT2D eigenvalue weighted by molar-refractivity contribution is 0.0950. The molecule has 6 heteroatoms. The summed E-state index contributed by atoms with van der Waals surface area (Å²) in [7, 11) is 0. The second-order valence-corrected chi connectivity index (χ2v) is 5.38. The summed E-state index contributed by atoms with van der Waals surface area (Å²) in [6.45, 7) is 3.61. The highest BCUT2D eigenvalue weighted by Crippen LogP contribution is 2.16. The fourth-order valence-electron chi connectivity index (χ4n) is 2.51. The largest absolute Gasteiger partial charge is 0.384 e. The molecule has 0 aliphatic carbocycles. The van der Waals surface area contributed by atoms with Gasteiger partial charge in [0.15, 0.2) is 0 Å². The summed E-state index contributed by atoms with van der Waals surface area (Å²) in [6, 6.07) is 13.0. The number of carbonyl (C=O) groups is 1. The van der Waals surface area contributed by atoms with Gasteiger partial charge in [0.25, 0.3) is 5.91 Å². The van der Waals surface area contributed by atoms with Crippen LogP contribution in [0.1, 0.15) is 16.1 Å². The molecule has 3 rings (SSSR count). The van der Waals surface area contributed by atoms with Crippen molar-refractivity contribution in [3.05, 3.63) is 53.7 Å². The third-order valence-electron chi connectivity index (χ3n) is 3.76. The fraction of sp³-hybridized carbons (Fsp3) is 0.294. The Morgan fingerprint density at radius 1 is 1.17 bits per heavy atom. The zero-order chi connectivity index (χ0) is 16.1. The number of benzene rings is 1. The quantitative estimate of drug-likeness (QED) is 0.893. The fourth-order valence-corrected chi connectivity index (χ4v) is 2.51. The zero-order valence-corrected chi connectivity index (χ0v) is 12.9. The first-order valence-corrected chi connectivity index (χ1v) is 7.65. The predicted octanol–water partition coefficient (Wildman–Crippen LogP) is 1.43. The molecule has 1 aliphatic rings. The maximum atomic E-state index is 12.2. The lowest BCUT2D eigenvalue weighted by Gasteiger charge is -2.28. The van der Waals surface area contributed by atoms with Crippen LogP contribution in [-0.2, 0) is 11.3 Å². The van der Waals surface area contributed by atoms with E-state index in [1.165, 1.54) is 0 Å². The van der Waals surface area contributed by atoms with Gasteiger partial charge in [-0.2, -0.15) is 0 Å². The first-order chi connectivity index (χ1) is 11.2. The smallest absolute Gasteiger partial charge is 0.251 e. The van der Waals surface area contributed by atoms with Crippen LogP contribution in [-0.4, -0.2) is 37.2 Å². The molecule has 1 amide bonds. The van der Waals surface area contributed by atoms with E-state index in [1.807, 2.05) is 36.4 Å². The molecule has 0 saturated carbocycles. The van der Waals surface area contributed by atoms with Gasteiger partial charge in [-0.25, -0.2) is 4.98 Å². The molecule has 0 bridgehead atoms. The predicted molar refractivity (Wildman–Crippen MR) is 89.3 cm³/mol. The molecule has 1 aromatic heterocycles. The van der Waals surface area contributed by atoms with E-state index >= 15 is 0 Å². The number of morpholine rings is 1. The maximum Gasteiger partial charge on any atom is 0.251 e. The SMILES string of the molecule is Nc1cccc(CNC(=O)c2ccc(N3CCOCC3)cc2)n1. The van der Waals surface area contributed by atoms with Crippen molar-refractivity contribution >= 4 is 17.4 Å². The number of hydrogen-bond donors (Lipinski definition) is 2. The third-order valence-corrected chi connectivity index (χ3v) is 3.76. The monoisotopic (exact) mass is 312 g/mol. The second-order valence-electron chi connectivity index (χ2n) is 5.38. The third kappa shape index (κ3) is 3.98. The highest BCUT2D eigenvalue weighted by Gasteiger charge is 2.12. The number of hydrogen-bond acceptors (Lipinski definition) is 5. The summed E-state index contributed by atoms with van der Waals surface area (Å²) in [4.78, 5) is 18.6. The van der Waals surface area contributed by atoms with E-state index in [0.717, 1.165) is 37.7 Å². The Morgan fingerprint density at radius 2 is 1.91 bits per heavy atom. The van der Waals surface area contributed by atoms with Crippen LogP contribution in [0.15, 0.2) is 42.5 Å². The van der Waals surface area contributed by atoms with Gasteiger partial charge in [-0.1, -0.05) is 6.07 Å². The molecule has 1 aliphatic heterocycles. The molecular weight excluding hydrogens is 292 g/mol. The molecule has 1 saturated heterocycles. The van der Waals surface area contributed by atoms with Crippen molar-refractivity contribution in [2.45, 2.75) is 6.54 Å². The number of amides is 1. The molecule has 6 nitrogen and oxygen atoms in total. The van der Waals surface area contributed by atoms with Gasteiger partial charge in [0, 0.05) is 24.3 Å². The minimum atomic E-state index is -0.122. The average Bonchev–Trinajstić information content (AvgIpc) is 2.61. The van der Waals surface area contributed by atoms with Gasteiger partial charge in [0.1, 0.15) is 5.82 Å². The number of anilines is 2. The lowest BCUT2D eigenvalue weighted by Crippen LogP contribution is -2.36. The van der Waals surface area contributed by atoms with E-state index in [9.17, 15) is 4.79 Å². The summed E-state index contributed by atoms with van der Waals surface area (Å²) in [6.07, 6.45) is 0. The molecule has 23 heavy (non-hydrogen) atoms. The van der Waals surface area contributed by atoms with Crippen LogP contribution in [0.25, 0.3) is 0 Å². The van der Waals surface area contributed by atoms with Crippen LogP contribution in [0.4, 0.5) is 11.5 Å². The van der Waals surface area contributed by atoms with Crippen LogP contribution < -0.4 is 16.0 Å². The van der Waals surface area contributed by atoms with E-state index in [1.54, 1.807) is 6.07 Å². The lowest BCUT2D eigenvalue weighted by atomic mass is 10.1. The number of nitrogens with one attached hydrogen (secondary N) is 1. The molecule has 3 N–H and O–H groups in total. The molecule has 0 unspecified atom stereocenters. The number of nitrogens with two attached hydrogens (primary N) is 1. The maximum absolute atomic E-state index is 12.2. The van der Waals surface area contributed by atoms with Gasteiger partial charge in [-0.15, -0.1) is 0 Å². The van der Waals surface area contributed by atoms with Crippen molar-refractivity contribution in [1.29, 1.82) is 0 Å². The molecule has 2 heterocycles. The van der Waals surface area contributed by atoms with E-state index in [-0.39, 0.29) is 5.91 Å². The van der Waals surface area contributed by atoms with E-state index < -0.39 is 0 Å². The van der Waals surface area contributed by atoms with Crippen LogP contribution in [0.2, 0.25) is 0 Å². The molecule has 0 radical (unpaired) electrons. The summed E-state index contributed by atoms with van der Waals surface area (Å²) in [5.74, 6) is 0.328. The number of nitrogens with zero attached hydrogens (tertiary/aromatic N) is 2. The average molecular weight is 312 g/mol.